The van der Waals surface area contributed by atoms with Crippen LogP contribution in [0.1, 0.15) is 40.7 Å². The van der Waals surface area contributed by atoms with Gasteiger partial charge in [0.05, 0.1) is 12.0 Å². The fourth-order valence-electron chi connectivity index (χ4n) is 3.82. The highest BCUT2D eigenvalue weighted by Crippen LogP contribution is 2.16. The number of para-hydroxylation sites is 1. The monoisotopic (exact) mass is 531 g/mol. The third kappa shape index (κ3) is 9.28. The SMILES string of the molecule is Cc1ccccc1NC(=O)Nc1ccc(CC(=O)NC(CCCCN)C(=O)Nc2ccc(C(=O)O)cc2)cc1. The lowest BCUT2D eigenvalue weighted by atomic mass is 10.1. The number of amides is 4. The molecule has 3 rings (SSSR count). The lowest BCUT2D eigenvalue weighted by molar-refractivity contribution is -0.126. The number of benzene rings is 3. The number of aromatic carboxylic acids is 1. The molecule has 0 radical (unpaired) electrons. The van der Waals surface area contributed by atoms with E-state index in [0.717, 1.165) is 5.56 Å². The fourth-order valence-corrected chi connectivity index (χ4v) is 3.82. The second-order valence-corrected chi connectivity index (χ2v) is 9.04. The number of carbonyl (C=O) groups is 4. The first-order chi connectivity index (χ1) is 18.7. The maximum atomic E-state index is 12.9. The van der Waals surface area contributed by atoms with Crippen molar-refractivity contribution < 1.29 is 24.3 Å². The highest BCUT2D eigenvalue weighted by atomic mass is 16.4. The molecular formula is C29H33N5O5. The number of nitrogens with one attached hydrogen (secondary N) is 4. The van der Waals surface area contributed by atoms with E-state index in [1.807, 2.05) is 31.2 Å². The summed E-state index contributed by atoms with van der Waals surface area (Å²) in [6.07, 6.45) is 1.81. The molecule has 0 aliphatic heterocycles. The predicted octanol–water partition coefficient (Wildman–Crippen LogP) is 4.13. The summed E-state index contributed by atoms with van der Waals surface area (Å²) in [5.74, 6) is -1.79. The average Bonchev–Trinajstić information content (AvgIpc) is 2.91. The van der Waals surface area contributed by atoms with Crippen molar-refractivity contribution >= 4 is 40.9 Å². The van der Waals surface area contributed by atoms with Crippen LogP contribution in [0.3, 0.4) is 0 Å². The molecule has 1 unspecified atom stereocenters. The quantitative estimate of drug-likeness (QED) is 0.193. The van der Waals surface area contributed by atoms with Gasteiger partial charge in [-0.2, -0.15) is 0 Å². The second kappa shape index (κ2) is 14.3. The van der Waals surface area contributed by atoms with Gasteiger partial charge in [-0.15, -0.1) is 0 Å². The molecule has 39 heavy (non-hydrogen) atoms. The zero-order chi connectivity index (χ0) is 28.2. The van der Waals surface area contributed by atoms with Crippen LogP contribution in [0.5, 0.6) is 0 Å². The van der Waals surface area contributed by atoms with Crippen molar-refractivity contribution in [3.63, 3.8) is 0 Å². The summed E-state index contributed by atoms with van der Waals surface area (Å²) in [6.45, 7) is 2.38. The number of urea groups is 1. The molecule has 3 aromatic rings. The highest BCUT2D eigenvalue weighted by Gasteiger charge is 2.21. The van der Waals surface area contributed by atoms with Gasteiger partial charge in [0.25, 0.3) is 0 Å². The Kier molecular flexibility index (Phi) is 10.6. The molecule has 0 saturated carbocycles. The van der Waals surface area contributed by atoms with Gasteiger partial charge in [0.1, 0.15) is 6.04 Å². The number of nitrogens with two attached hydrogens (primary N) is 1. The Hall–Kier alpha value is -4.70. The van der Waals surface area contributed by atoms with E-state index in [9.17, 15) is 19.2 Å². The number of hydrogen-bond acceptors (Lipinski definition) is 5. The molecule has 1 atom stereocenters. The Morgan fingerprint density at radius 2 is 1.46 bits per heavy atom. The van der Waals surface area contributed by atoms with Crippen molar-refractivity contribution in [3.8, 4) is 0 Å². The first-order valence-electron chi connectivity index (χ1n) is 12.6. The van der Waals surface area contributed by atoms with Gasteiger partial charge in [-0.3, -0.25) is 9.59 Å². The van der Waals surface area contributed by atoms with Gasteiger partial charge in [0.15, 0.2) is 0 Å². The van der Waals surface area contributed by atoms with E-state index in [0.29, 0.717) is 48.4 Å². The molecule has 4 amide bonds. The fraction of sp³-hybridized carbons (Fsp3) is 0.241. The van der Waals surface area contributed by atoms with Gasteiger partial charge in [0, 0.05) is 17.1 Å². The molecule has 0 spiro atoms. The van der Waals surface area contributed by atoms with E-state index in [4.69, 9.17) is 10.8 Å². The summed E-state index contributed by atoms with van der Waals surface area (Å²) in [6, 6.07) is 18.9. The van der Waals surface area contributed by atoms with Gasteiger partial charge in [-0.1, -0.05) is 30.3 Å². The summed E-state index contributed by atoms with van der Waals surface area (Å²) in [5.41, 5.74) is 9.05. The molecule has 3 aromatic carbocycles. The van der Waals surface area contributed by atoms with E-state index in [1.165, 1.54) is 24.3 Å². The van der Waals surface area contributed by atoms with Crippen molar-refractivity contribution in [1.29, 1.82) is 0 Å². The maximum absolute atomic E-state index is 12.9. The number of hydrogen-bond donors (Lipinski definition) is 6. The summed E-state index contributed by atoms with van der Waals surface area (Å²) in [5, 5.41) is 20.1. The van der Waals surface area contributed by atoms with Gasteiger partial charge in [0.2, 0.25) is 11.8 Å². The molecule has 0 fully saturated rings. The van der Waals surface area contributed by atoms with Crippen molar-refractivity contribution in [2.75, 3.05) is 22.5 Å². The Labute approximate surface area is 227 Å². The Morgan fingerprint density at radius 1 is 0.821 bits per heavy atom. The lowest BCUT2D eigenvalue weighted by Gasteiger charge is -2.19. The number of carboxylic acids is 1. The molecule has 0 bridgehead atoms. The standard InChI is InChI=1S/C29H33N5O5/c1-19-6-2-3-7-24(19)34-29(39)32-23-13-9-20(10-14-23)18-26(35)33-25(8-4-5-17-30)27(36)31-22-15-11-21(12-16-22)28(37)38/h2-3,6-7,9-16,25H,4-5,8,17-18,30H2,1H3,(H,31,36)(H,33,35)(H,37,38)(H2,32,34,39). The minimum atomic E-state index is -1.06. The van der Waals surface area contributed by atoms with E-state index >= 15 is 0 Å². The van der Waals surface area contributed by atoms with Crippen LogP contribution in [0.15, 0.2) is 72.8 Å². The molecule has 10 heteroatoms. The van der Waals surface area contributed by atoms with Crippen molar-refractivity contribution in [2.24, 2.45) is 5.73 Å². The lowest BCUT2D eigenvalue weighted by Crippen LogP contribution is -2.44. The smallest absolute Gasteiger partial charge is 0.335 e. The minimum absolute atomic E-state index is 0.0453. The normalized spacial score (nSPS) is 11.2. The molecule has 0 aromatic heterocycles. The van der Waals surface area contributed by atoms with Crippen LogP contribution in [-0.2, 0) is 16.0 Å². The third-order valence-corrected chi connectivity index (χ3v) is 5.97. The van der Waals surface area contributed by atoms with Crippen LogP contribution in [0.25, 0.3) is 0 Å². The predicted molar refractivity (Wildman–Crippen MR) is 151 cm³/mol. The van der Waals surface area contributed by atoms with Crippen LogP contribution < -0.4 is 27.0 Å². The largest absolute Gasteiger partial charge is 0.478 e. The Balaban J connectivity index is 1.55. The number of aryl methyl sites for hydroxylation is 1. The molecule has 10 nitrogen and oxygen atoms in total. The van der Waals surface area contributed by atoms with Gasteiger partial charge in [-0.25, -0.2) is 9.59 Å². The van der Waals surface area contributed by atoms with Crippen LogP contribution in [0, 0.1) is 6.92 Å². The van der Waals surface area contributed by atoms with Crippen LogP contribution in [0.2, 0.25) is 0 Å². The van der Waals surface area contributed by atoms with Crippen LogP contribution >= 0.6 is 0 Å². The van der Waals surface area contributed by atoms with Gasteiger partial charge in [-0.05, 0) is 86.3 Å². The van der Waals surface area contributed by atoms with Gasteiger partial charge < -0.3 is 32.1 Å². The summed E-state index contributed by atoms with van der Waals surface area (Å²) in [7, 11) is 0. The third-order valence-electron chi connectivity index (χ3n) is 5.97. The molecular weight excluding hydrogens is 498 g/mol. The minimum Gasteiger partial charge on any atom is -0.478 e. The van der Waals surface area contributed by atoms with Crippen molar-refractivity contribution in [1.82, 2.24) is 5.32 Å². The molecule has 7 N–H and O–H groups in total. The number of carbonyl (C=O) groups excluding carboxylic acids is 3. The van der Waals surface area contributed by atoms with Crippen molar-refractivity contribution in [2.45, 2.75) is 38.6 Å². The average molecular weight is 532 g/mol. The number of unbranched alkanes of at least 4 members (excludes halogenated alkanes) is 1. The van der Waals surface area contributed by atoms with Crippen molar-refractivity contribution in [3.05, 3.63) is 89.5 Å². The van der Waals surface area contributed by atoms with Crippen LogP contribution in [0.4, 0.5) is 21.9 Å². The first kappa shape index (κ1) is 28.9. The first-order valence-corrected chi connectivity index (χ1v) is 12.6. The summed E-state index contributed by atoms with van der Waals surface area (Å²) >= 11 is 0. The number of carboxylic acid groups (broad SMARTS) is 1. The molecule has 204 valence electrons. The van der Waals surface area contributed by atoms with Crippen LogP contribution in [-0.4, -0.2) is 41.5 Å². The topological polar surface area (TPSA) is 163 Å². The zero-order valence-electron chi connectivity index (χ0n) is 21.7. The second-order valence-electron chi connectivity index (χ2n) is 9.04. The van der Waals surface area contributed by atoms with E-state index in [2.05, 4.69) is 21.3 Å². The van der Waals surface area contributed by atoms with Gasteiger partial charge >= 0.3 is 12.0 Å². The number of rotatable bonds is 12. The zero-order valence-corrected chi connectivity index (χ0v) is 21.7. The molecule has 0 aliphatic rings. The molecule has 0 saturated heterocycles. The highest BCUT2D eigenvalue weighted by molar-refractivity contribution is 6.00. The Bertz CT molecular complexity index is 1290. The Morgan fingerprint density at radius 3 is 2.10 bits per heavy atom. The summed E-state index contributed by atoms with van der Waals surface area (Å²) < 4.78 is 0. The molecule has 0 aliphatic carbocycles. The summed E-state index contributed by atoms with van der Waals surface area (Å²) in [4.78, 5) is 49.0. The number of anilines is 3. The molecule has 0 heterocycles. The van der Waals surface area contributed by atoms with E-state index in [-0.39, 0.29) is 23.9 Å². The van der Waals surface area contributed by atoms with E-state index < -0.39 is 17.9 Å². The van der Waals surface area contributed by atoms with E-state index in [1.54, 1.807) is 24.3 Å². The maximum Gasteiger partial charge on any atom is 0.335 e.